The number of amides is 2. The van der Waals surface area contributed by atoms with Crippen LogP contribution < -0.4 is 10.6 Å². The van der Waals surface area contributed by atoms with Crippen molar-refractivity contribution in [3.8, 4) is 17.0 Å². The first-order chi connectivity index (χ1) is 18.0. The molecule has 0 saturated carbocycles. The molecule has 0 fully saturated rings. The number of nitrogens with one attached hydrogen (secondary N) is 2. The Morgan fingerprint density at radius 3 is 1.92 bits per heavy atom. The minimum absolute atomic E-state index is 0.00949. The molecule has 5 aromatic rings. The van der Waals surface area contributed by atoms with E-state index < -0.39 is 17.8 Å². The van der Waals surface area contributed by atoms with Gasteiger partial charge >= 0.3 is 6.03 Å². The zero-order chi connectivity index (χ0) is 25.8. The zero-order valence-corrected chi connectivity index (χ0v) is 19.8. The molecule has 0 radical (unpaired) electrons. The van der Waals surface area contributed by atoms with E-state index in [0.717, 1.165) is 21.3 Å². The molecule has 5 rings (SSSR count). The number of rotatable bonds is 6. The number of fused-ring (bicyclic) bond motifs is 1. The second kappa shape index (κ2) is 10.4. The molecule has 37 heavy (non-hydrogen) atoms. The molecular weight excluding hydrogens is 469 g/mol. The van der Waals surface area contributed by atoms with E-state index in [1.165, 1.54) is 12.1 Å². The highest BCUT2D eigenvalue weighted by atomic mass is 19.1. The Bertz CT molecular complexity index is 1560. The van der Waals surface area contributed by atoms with Crippen LogP contribution in [0.15, 0.2) is 103 Å². The van der Waals surface area contributed by atoms with Crippen LogP contribution in [0.4, 0.5) is 9.18 Å². The Labute approximate surface area is 213 Å². The van der Waals surface area contributed by atoms with Crippen molar-refractivity contribution < 1.29 is 19.1 Å². The molecule has 184 valence electrons. The molecule has 0 bridgehead atoms. The number of halogens is 1. The van der Waals surface area contributed by atoms with Crippen molar-refractivity contribution in [2.75, 3.05) is 0 Å². The summed E-state index contributed by atoms with van der Waals surface area (Å²) < 4.78 is 14.6. The first kappa shape index (κ1) is 23.8. The van der Waals surface area contributed by atoms with Crippen LogP contribution in [0.1, 0.15) is 21.5 Å². The summed E-state index contributed by atoms with van der Waals surface area (Å²) in [5.74, 6) is -1.33. The maximum absolute atomic E-state index is 13.5. The monoisotopic (exact) mass is 493 g/mol. The third-order valence-corrected chi connectivity index (χ3v) is 6.13. The van der Waals surface area contributed by atoms with E-state index in [1.807, 2.05) is 60.7 Å². The van der Waals surface area contributed by atoms with Crippen LogP contribution >= 0.6 is 0 Å². The first-order valence-corrected chi connectivity index (χ1v) is 11.8. The highest BCUT2D eigenvalue weighted by molar-refractivity contribution is 6.13. The van der Waals surface area contributed by atoms with Gasteiger partial charge in [0.2, 0.25) is 5.88 Å². The topological polar surface area (TPSA) is 83.4 Å². The van der Waals surface area contributed by atoms with Crippen molar-refractivity contribution in [1.82, 2.24) is 15.2 Å². The van der Waals surface area contributed by atoms with Crippen LogP contribution in [-0.2, 0) is 13.1 Å². The molecular formula is C30H24FN3O3. The summed E-state index contributed by atoms with van der Waals surface area (Å²) in [6, 6.07) is 29.3. The number of nitrogens with zero attached hydrogens (tertiary/aromatic N) is 1. The fraction of sp³-hybridized carbons (Fsp3) is 0.0667. The summed E-state index contributed by atoms with van der Waals surface area (Å²) in [6.45, 7) is 0.506. The zero-order valence-electron chi connectivity index (χ0n) is 19.8. The molecule has 0 atom stereocenters. The van der Waals surface area contributed by atoms with Crippen molar-refractivity contribution in [3.63, 3.8) is 0 Å². The van der Waals surface area contributed by atoms with Crippen molar-refractivity contribution in [2.24, 2.45) is 0 Å². The molecule has 2 amide bonds. The second-order valence-electron chi connectivity index (χ2n) is 8.59. The van der Waals surface area contributed by atoms with Gasteiger partial charge in [-0.3, -0.25) is 4.79 Å². The lowest BCUT2D eigenvalue weighted by molar-refractivity contribution is 0.0949. The molecule has 0 saturated heterocycles. The van der Waals surface area contributed by atoms with E-state index in [2.05, 4.69) is 10.6 Å². The molecule has 0 unspecified atom stereocenters. The number of benzene rings is 4. The number of hydrogen-bond acceptors (Lipinski definition) is 3. The van der Waals surface area contributed by atoms with Gasteiger partial charge in [-0.05, 0) is 46.5 Å². The van der Waals surface area contributed by atoms with Crippen molar-refractivity contribution in [3.05, 3.63) is 126 Å². The minimum Gasteiger partial charge on any atom is -0.494 e. The van der Waals surface area contributed by atoms with Crippen LogP contribution in [0.3, 0.4) is 0 Å². The molecule has 6 nitrogen and oxygen atoms in total. The number of carbonyl (C=O) groups is 2. The van der Waals surface area contributed by atoms with E-state index >= 15 is 0 Å². The van der Waals surface area contributed by atoms with Gasteiger partial charge in [0.25, 0.3) is 5.91 Å². The van der Waals surface area contributed by atoms with Gasteiger partial charge in [-0.15, -0.1) is 0 Å². The molecule has 3 N–H and O–H groups in total. The quantitative estimate of drug-likeness (QED) is 0.278. The number of aromatic hydroxyl groups is 1. The maximum atomic E-state index is 13.5. The summed E-state index contributed by atoms with van der Waals surface area (Å²) in [6.07, 6.45) is 0. The van der Waals surface area contributed by atoms with Crippen LogP contribution in [0.2, 0.25) is 0 Å². The highest BCUT2D eigenvalue weighted by Gasteiger charge is 2.26. The van der Waals surface area contributed by atoms with E-state index in [4.69, 9.17) is 0 Å². The fourth-order valence-electron chi connectivity index (χ4n) is 4.25. The Kier molecular flexibility index (Phi) is 6.68. The lowest BCUT2D eigenvalue weighted by atomic mass is 10.0. The highest BCUT2D eigenvalue weighted by Crippen LogP contribution is 2.34. The SMILES string of the molecule is O=C(NCc1ccccc1)c1c(O)n(C(=O)NCc2ccccc2)c2ccc(-c3ccc(F)cc3)cc12. The molecule has 1 heterocycles. The van der Waals surface area contributed by atoms with Gasteiger partial charge in [-0.1, -0.05) is 78.9 Å². The van der Waals surface area contributed by atoms with Gasteiger partial charge in [-0.2, -0.15) is 0 Å². The Hall–Kier alpha value is -4.91. The summed E-state index contributed by atoms with van der Waals surface area (Å²) in [7, 11) is 0. The van der Waals surface area contributed by atoms with Gasteiger partial charge in [0, 0.05) is 18.5 Å². The number of carbonyl (C=O) groups excluding carboxylic acids is 2. The van der Waals surface area contributed by atoms with Gasteiger partial charge in [-0.25, -0.2) is 13.8 Å². The molecule has 0 aliphatic rings. The normalized spacial score (nSPS) is 10.8. The lowest BCUT2D eigenvalue weighted by Gasteiger charge is -2.09. The number of hydrogen-bond donors (Lipinski definition) is 3. The molecule has 4 aromatic carbocycles. The Morgan fingerprint density at radius 1 is 0.730 bits per heavy atom. The largest absolute Gasteiger partial charge is 0.494 e. The molecule has 0 spiro atoms. The van der Waals surface area contributed by atoms with E-state index in [9.17, 15) is 19.1 Å². The number of aromatic nitrogens is 1. The predicted molar refractivity (Wildman–Crippen MR) is 141 cm³/mol. The molecule has 7 heteroatoms. The third-order valence-electron chi connectivity index (χ3n) is 6.13. The summed E-state index contributed by atoms with van der Waals surface area (Å²) >= 11 is 0. The van der Waals surface area contributed by atoms with Gasteiger partial charge in [0.15, 0.2) is 0 Å². The lowest BCUT2D eigenvalue weighted by Crippen LogP contribution is -2.28. The van der Waals surface area contributed by atoms with E-state index in [-0.39, 0.29) is 24.5 Å². The minimum atomic E-state index is -0.567. The van der Waals surface area contributed by atoms with Crippen LogP contribution in [-0.4, -0.2) is 21.6 Å². The van der Waals surface area contributed by atoms with Crippen LogP contribution in [0, 0.1) is 5.82 Å². The Balaban J connectivity index is 1.53. The van der Waals surface area contributed by atoms with Crippen molar-refractivity contribution in [1.29, 1.82) is 0 Å². The Morgan fingerprint density at radius 2 is 1.30 bits per heavy atom. The second-order valence-corrected chi connectivity index (χ2v) is 8.59. The third kappa shape index (κ3) is 5.06. The van der Waals surface area contributed by atoms with Crippen molar-refractivity contribution in [2.45, 2.75) is 13.1 Å². The molecule has 0 aliphatic heterocycles. The molecule has 1 aromatic heterocycles. The maximum Gasteiger partial charge on any atom is 0.329 e. The van der Waals surface area contributed by atoms with Crippen LogP contribution in [0.25, 0.3) is 22.0 Å². The van der Waals surface area contributed by atoms with E-state index in [1.54, 1.807) is 30.3 Å². The average molecular weight is 494 g/mol. The summed E-state index contributed by atoms with van der Waals surface area (Å²) in [5.41, 5.74) is 3.60. The summed E-state index contributed by atoms with van der Waals surface area (Å²) in [4.78, 5) is 26.5. The standard InChI is InChI=1S/C30H24FN3O3/c31-24-14-11-22(12-15-24)23-13-16-26-25(17-23)27(28(35)32-18-20-7-3-1-4-8-20)29(36)34(26)30(37)33-19-21-9-5-2-6-10-21/h1-17,36H,18-19H2,(H,32,35)(H,33,37). The van der Waals surface area contributed by atoms with Gasteiger partial charge in [0.1, 0.15) is 11.4 Å². The fourth-order valence-corrected chi connectivity index (χ4v) is 4.25. The van der Waals surface area contributed by atoms with Crippen molar-refractivity contribution >= 4 is 22.8 Å². The summed E-state index contributed by atoms with van der Waals surface area (Å²) in [5, 5.41) is 17.2. The van der Waals surface area contributed by atoms with E-state index in [0.29, 0.717) is 16.5 Å². The average Bonchev–Trinajstić information content (AvgIpc) is 3.23. The predicted octanol–water partition coefficient (Wildman–Crippen LogP) is 5.84. The van der Waals surface area contributed by atoms with Crippen LogP contribution in [0.5, 0.6) is 5.88 Å². The smallest absolute Gasteiger partial charge is 0.329 e. The first-order valence-electron chi connectivity index (χ1n) is 11.8. The van der Waals surface area contributed by atoms with Gasteiger partial charge < -0.3 is 15.7 Å². The molecule has 0 aliphatic carbocycles. The van der Waals surface area contributed by atoms with Gasteiger partial charge in [0.05, 0.1) is 5.52 Å².